The molecule has 0 aliphatic carbocycles. The van der Waals surface area contributed by atoms with E-state index in [0.29, 0.717) is 11.4 Å². The van der Waals surface area contributed by atoms with Crippen LogP contribution in [0.3, 0.4) is 0 Å². The fraction of sp³-hybridized carbons (Fsp3) is 0.0526. The van der Waals surface area contributed by atoms with Gasteiger partial charge in [0.15, 0.2) is 0 Å². The monoisotopic (exact) mass is 303 g/mol. The Morgan fingerprint density at radius 3 is 2.48 bits per heavy atom. The Labute approximate surface area is 135 Å². The van der Waals surface area contributed by atoms with Crippen molar-refractivity contribution in [3.05, 3.63) is 84.1 Å². The van der Waals surface area contributed by atoms with Crippen LogP contribution in [-0.4, -0.2) is 10.9 Å². The summed E-state index contributed by atoms with van der Waals surface area (Å²) >= 11 is 0. The maximum Gasteiger partial charge on any atom is 0.259 e. The number of benzene rings is 2. The lowest BCUT2D eigenvalue weighted by Gasteiger charge is -2.11. The molecular weight excluding hydrogens is 286 g/mol. The van der Waals surface area contributed by atoms with Gasteiger partial charge in [-0.3, -0.25) is 4.79 Å². The second kappa shape index (κ2) is 6.75. The Hall–Kier alpha value is -3.14. The lowest BCUT2D eigenvalue weighted by Crippen LogP contribution is -2.14. The molecule has 4 heteroatoms. The number of hydrogen-bond acceptors (Lipinski definition) is 3. The molecule has 0 radical (unpaired) electrons. The first-order valence-electron chi connectivity index (χ1n) is 7.37. The van der Waals surface area contributed by atoms with E-state index >= 15 is 0 Å². The smallest absolute Gasteiger partial charge is 0.259 e. The summed E-state index contributed by atoms with van der Waals surface area (Å²) in [7, 11) is 0. The van der Waals surface area contributed by atoms with Gasteiger partial charge in [0, 0.05) is 17.6 Å². The second-order valence-corrected chi connectivity index (χ2v) is 5.21. The molecule has 2 aromatic carbocycles. The van der Waals surface area contributed by atoms with E-state index in [-0.39, 0.29) is 5.91 Å². The number of carbonyl (C=O) groups is 1. The highest BCUT2D eigenvalue weighted by Gasteiger charge is 2.12. The molecule has 0 bridgehead atoms. The Morgan fingerprint density at radius 1 is 0.913 bits per heavy atom. The number of aromatic nitrogens is 1. The highest BCUT2D eigenvalue weighted by molar-refractivity contribution is 6.07. The Balaban J connectivity index is 1.83. The maximum absolute atomic E-state index is 12.5. The fourth-order valence-electron chi connectivity index (χ4n) is 2.27. The van der Waals surface area contributed by atoms with Gasteiger partial charge in [-0.2, -0.15) is 0 Å². The largest absolute Gasteiger partial charge is 0.340 e. The Morgan fingerprint density at radius 2 is 1.70 bits per heavy atom. The molecule has 0 spiro atoms. The molecule has 0 fully saturated rings. The van der Waals surface area contributed by atoms with Crippen LogP contribution in [0.15, 0.2) is 72.9 Å². The molecule has 0 atom stereocenters. The molecule has 1 heterocycles. The number of amides is 1. The van der Waals surface area contributed by atoms with Gasteiger partial charge in [-0.25, -0.2) is 4.98 Å². The third kappa shape index (κ3) is 3.74. The van der Waals surface area contributed by atoms with Gasteiger partial charge in [-0.1, -0.05) is 30.3 Å². The molecule has 0 saturated carbocycles. The zero-order chi connectivity index (χ0) is 16.1. The molecule has 0 saturated heterocycles. The highest BCUT2D eigenvalue weighted by atomic mass is 16.1. The predicted molar refractivity (Wildman–Crippen MR) is 93.1 cm³/mol. The lowest BCUT2D eigenvalue weighted by molar-refractivity contribution is 0.102. The van der Waals surface area contributed by atoms with E-state index in [1.165, 1.54) is 0 Å². The number of carbonyl (C=O) groups excluding carboxylic acids is 1. The van der Waals surface area contributed by atoms with Crippen molar-refractivity contribution in [3.63, 3.8) is 0 Å². The van der Waals surface area contributed by atoms with Crippen molar-refractivity contribution < 1.29 is 4.79 Å². The Kier molecular flexibility index (Phi) is 4.34. The van der Waals surface area contributed by atoms with Gasteiger partial charge < -0.3 is 10.6 Å². The van der Waals surface area contributed by atoms with Crippen molar-refractivity contribution in [1.29, 1.82) is 0 Å². The predicted octanol–water partition coefficient (Wildman–Crippen LogP) is 4.39. The van der Waals surface area contributed by atoms with Crippen molar-refractivity contribution in [2.24, 2.45) is 0 Å². The Bertz CT molecular complexity index is 816. The number of nitrogens with zero attached hydrogens (tertiary/aromatic N) is 1. The molecule has 3 aromatic rings. The van der Waals surface area contributed by atoms with Crippen molar-refractivity contribution >= 4 is 23.1 Å². The van der Waals surface area contributed by atoms with Crippen LogP contribution in [0.5, 0.6) is 0 Å². The highest BCUT2D eigenvalue weighted by Crippen LogP contribution is 2.19. The van der Waals surface area contributed by atoms with Crippen LogP contribution in [0, 0.1) is 6.92 Å². The summed E-state index contributed by atoms with van der Waals surface area (Å²) in [6.07, 6.45) is 1.66. The minimum atomic E-state index is -0.192. The van der Waals surface area contributed by atoms with E-state index in [1.807, 2.05) is 61.5 Å². The minimum absolute atomic E-state index is 0.192. The van der Waals surface area contributed by atoms with Crippen molar-refractivity contribution in [2.45, 2.75) is 6.92 Å². The van der Waals surface area contributed by atoms with Crippen LogP contribution in [0.2, 0.25) is 0 Å². The van der Waals surface area contributed by atoms with Gasteiger partial charge in [-0.15, -0.1) is 0 Å². The summed E-state index contributed by atoms with van der Waals surface area (Å²) in [5, 5.41) is 6.08. The zero-order valence-corrected chi connectivity index (χ0v) is 12.8. The van der Waals surface area contributed by atoms with Gasteiger partial charge >= 0.3 is 0 Å². The summed E-state index contributed by atoms with van der Waals surface area (Å²) in [5.74, 6) is 0.339. The van der Waals surface area contributed by atoms with Crippen LogP contribution in [0.1, 0.15) is 15.9 Å². The van der Waals surface area contributed by atoms with E-state index in [4.69, 9.17) is 0 Å². The van der Waals surface area contributed by atoms with Crippen molar-refractivity contribution in [2.75, 3.05) is 10.6 Å². The first-order chi connectivity index (χ1) is 11.2. The van der Waals surface area contributed by atoms with Crippen LogP contribution in [0.25, 0.3) is 0 Å². The van der Waals surface area contributed by atoms with Crippen LogP contribution >= 0.6 is 0 Å². The number of hydrogen-bond donors (Lipinski definition) is 2. The minimum Gasteiger partial charge on any atom is -0.340 e. The summed E-state index contributed by atoms with van der Waals surface area (Å²) in [6, 6.07) is 20.9. The summed E-state index contributed by atoms with van der Waals surface area (Å²) in [4.78, 5) is 16.8. The molecule has 0 unspecified atom stereocenters. The summed E-state index contributed by atoms with van der Waals surface area (Å²) in [6.45, 7) is 1.99. The molecule has 0 aliphatic heterocycles. The zero-order valence-electron chi connectivity index (χ0n) is 12.8. The molecule has 4 nitrogen and oxygen atoms in total. The molecule has 114 valence electrons. The second-order valence-electron chi connectivity index (χ2n) is 5.21. The quantitative estimate of drug-likeness (QED) is 0.751. The van der Waals surface area contributed by atoms with E-state index < -0.39 is 0 Å². The molecule has 0 aliphatic rings. The van der Waals surface area contributed by atoms with Gasteiger partial charge in [0.1, 0.15) is 5.82 Å². The lowest BCUT2D eigenvalue weighted by atomic mass is 10.2. The molecule has 1 amide bonds. The number of anilines is 3. The van der Waals surface area contributed by atoms with E-state index in [9.17, 15) is 4.79 Å². The SMILES string of the molecule is Cc1cccc(NC(=O)c2cccnc2Nc2ccccc2)c1. The first-order valence-corrected chi connectivity index (χ1v) is 7.37. The van der Waals surface area contributed by atoms with E-state index in [2.05, 4.69) is 15.6 Å². The molecule has 2 N–H and O–H groups in total. The summed E-state index contributed by atoms with van der Waals surface area (Å²) < 4.78 is 0. The number of aryl methyl sites for hydroxylation is 1. The number of para-hydroxylation sites is 1. The normalized spacial score (nSPS) is 10.1. The van der Waals surface area contributed by atoms with Crippen molar-refractivity contribution in [1.82, 2.24) is 4.98 Å². The third-order valence-electron chi connectivity index (χ3n) is 3.36. The van der Waals surface area contributed by atoms with E-state index in [0.717, 1.165) is 16.9 Å². The van der Waals surface area contributed by atoms with Gasteiger partial charge in [0.2, 0.25) is 0 Å². The molecule has 3 rings (SSSR count). The molecular formula is C19H17N3O. The summed E-state index contributed by atoms with van der Waals surface area (Å²) in [5.41, 5.74) is 3.25. The van der Waals surface area contributed by atoms with Crippen LogP contribution in [-0.2, 0) is 0 Å². The fourth-order valence-corrected chi connectivity index (χ4v) is 2.27. The maximum atomic E-state index is 12.5. The standard InChI is InChI=1S/C19H17N3O/c1-14-7-5-10-16(13-14)22-19(23)17-11-6-12-20-18(17)21-15-8-3-2-4-9-15/h2-13H,1H3,(H,20,21)(H,22,23). The van der Waals surface area contributed by atoms with Gasteiger partial charge in [0.25, 0.3) is 5.91 Å². The molecule has 1 aromatic heterocycles. The van der Waals surface area contributed by atoms with Crippen LogP contribution in [0.4, 0.5) is 17.2 Å². The van der Waals surface area contributed by atoms with Crippen LogP contribution < -0.4 is 10.6 Å². The van der Waals surface area contributed by atoms with Gasteiger partial charge in [-0.05, 0) is 48.9 Å². The number of pyridine rings is 1. The number of nitrogens with one attached hydrogen (secondary N) is 2. The van der Waals surface area contributed by atoms with E-state index in [1.54, 1.807) is 18.3 Å². The van der Waals surface area contributed by atoms with Crippen molar-refractivity contribution in [3.8, 4) is 0 Å². The third-order valence-corrected chi connectivity index (χ3v) is 3.36. The average molecular weight is 303 g/mol. The topological polar surface area (TPSA) is 54.0 Å². The van der Waals surface area contributed by atoms with Gasteiger partial charge in [0.05, 0.1) is 5.56 Å². The number of rotatable bonds is 4. The first kappa shape index (κ1) is 14.8. The molecule has 23 heavy (non-hydrogen) atoms. The average Bonchev–Trinajstić information content (AvgIpc) is 2.56.